The molecule has 512 valence electrons. The average molecular weight is 1250 g/mol. The summed E-state index contributed by atoms with van der Waals surface area (Å²) in [4.78, 5) is 37.9. The lowest BCUT2D eigenvalue weighted by Crippen LogP contribution is -2.47. The van der Waals surface area contributed by atoms with Crippen LogP contribution in [0.2, 0.25) is 0 Å². The Balaban J connectivity index is 4.92. The third kappa shape index (κ3) is 68.2. The van der Waals surface area contributed by atoms with Gasteiger partial charge < -0.3 is 19.4 Å². The van der Waals surface area contributed by atoms with Crippen LogP contribution >= 0.6 is 7.82 Å². The molecule has 0 aromatic carbocycles. The van der Waals surface area contributed by atoms with Crippen LogP contribution in [0.15, 0.2) is 48.6 Å². The zero-order valence-electron chi connectivity index (χ0n) is 58.8. The summed E-state index contributed by atoms with van der Waals surface area (Å²) in [5.74, 6) is -0.488. The number of unbranched alkanes of at least 4 members (excludes halogenated alkanes) is 48. The van der Waals surface area contributed by atoms with Gasteiger partial charge in [0.15, 0.2) is 0 Å². The van der Waals surface area contributed by atoms with Crippen molar-refractivity contribution < 1.29 is 37.3 Å². The summed E-state index contributed by atoms with van der Waals surface area (Å²) in [6.07, 6.45) is 85.7. The number of nitrogens with one attached hydrogen (secondary N) is 1. The van der Waals surface area contributed by atoms with Crippen LogP contribution < -0.4 is 5.32 Å². The van der Waals surface area contributed by atoms with E-state index in [9.17, 15) is 19.0 Å². The largest absolute Gasteiger partial charge is 0.472 e. The lowest BCUT2D eigenvalue weighted by molar-refractivity contribution is -0.870. The molecule has 0 fully saturated rings. The first-order chi connectivity index (χ1) is 42.4. The lowest BCUT2D eigenvalue weighted by Gasteiger charge is -2.27. The monoisotopic (exact) mass is 1240 g/mol. The number of carbonyl (C=O) groups excluding carboxylic acids is 2. The van der Waals surface area contributed by atoms with Crippen molar-refractivity contribution in [2.24, 2.45) is 0 Å². The molecule has 0 rings (SSSR count). The van der Waals surface area contributed by atoms with Crippen LogP contribution in [0.25, 0.3) is 0 Å². The molecular weight excluding hydrogens is 1100 g/mol. The van der Waals surface area contributed by atoms with E-state index in [1.807, 2.05) is 33.3 Å². The molecule has 0 bridgehead atoms. The Bertz CT molecular complexity index is 1620. The predicted molar refractivity (Wildman–Crippen MR) is 379 cm³/mol. The lowest BCUT2D eigenvalue weighted by atomic mass is 10.0. The molecule has 0 radical (unpaired) electrons. The SMILES string of the molecule is CCCCC/C=C\C/C=C\C/C=C\CCCCCCCCCCCCCCC(=O)NC(COP(=O)(O)OCC[N+](C)(C)C)C(/C=C/CCCCCCCCCCC)OC(=O)CCCCCCCCCCCCCCCCCCCCCCCCCCC. The van der Waals surface area contributed by atoms with E-state index >= 15 is 0 Å². The quantitative estimate of drug-likeness (QED) is 0.0205. The molecule has 0 saturated heterocycles. The van der Waals surface area contributed by atoms with E-state index in [1.165, 1.54) is 276 Å². The van der Waals surface area contributed by atoms with E-state index in [2.05, 4.69) is 62.5 Å². The maximum absolute atomic E-state index is 13.6. The van der Waals surface area contributed by atoms with Crippen LogP contribution in [0.3, 0.4) is 0 Å². The molecule has 0 aliphatic rings. The smallest absolute Gasteiger partial charge is 0.456 e. The fourth-order valence-electron chi connectivity index (χ4n) is 11.4. The molecule has 0 aliphatic carbocycles. The molecule has 1 amide bonds. The van der Waals surface area contributed by atoms with E-state index in [0.29, 0.717) is 23.9 Å². The van der Waals surface area contributed by atoms with Crippen LogP contribution in [-0.4, -0.2) is 74.3 Å². The third-order valence-electron chi connectivity index (χ3n) is 17.3. The summed E-state index contributed by atoms with van der Waals surface area (Å²) in [6, 6.07) is -0.848. The zero-order valence-corrected chi connectivity index (χ0v) is 59.7. The topological polar surface area (TPSA) is 111 Å². The van der Waals surface area contributed by atoms with E-state index in [1.54, 1.807) is 0 Å². The van der Waals surface area contributed by atoms with Gasteiger partial charge in [-0.15, -0.1) is 0 Å². The Labute approximate surface area is 541 Å². The van der Waals surface area contributed by atoms with Crippen LogP contribution in [0, 0.1) is 0 Å². The van der Waals surface area contributed by atoms with Gasteiger partial charge in [0, 0.05) is 12.8 Å². The fourth-order valence-corrected chi connectivity index (χ4v) is 12.2. The normalized spacial score (nSPS) is 13.7. The molecule has 9 nitrogen and oxygen atoms in total. The molecule has 3 atom stereocenters. The first-order valence-electron chi connectivity index (χ1n) is 38.0. The number of amides is 1. The summed E-state index contributed by atoms with van der Waals surface area (Å²) in [5, 5.41) is 3.08. The molecule has 0 aliphatic heterocycles. The number of quaternary nitrogens is 1. The van der Waals surface area contributed by atoms with Gasteiger partial charge in [0.25, 0.3) is 0 Å². The van der Waals surface area contributed by atoms with Crippen molar-refractivity contribution >= 4 is 19.7 Å². The number of hydrogen-bond donors (Lipinski definition) is 2. The molecule has 0 saturated carbocycles. The van der Waals surface area contributed by atoms with Crippen LogP contribution in [0.5, 0.6) is 0 Å². The highest BCUT2D eigenvalue weighted by Crippen LogP contribution is 2.43. The summed E-state index contributed by atoms with van der Waals surface area (Å²) < 4.78 is 30.9. The second-order valence-electron chi connectivity index (χ2n) is 27.2. The van der Waals surface area contributed by atoms with Gasteiger partial charge in [-0.2, -0.15) is 0 Å². The number of rotatable bonds is 70. The Morgan fingerprint density at radius 3 is 1.07 bits per heavy atom. The fraction of sp³-hybridized carbons (Fsp3) is 0.870. The van der Waals surface area contributed by atoms with Crippen molar-refractivity contribution in [3.8, 4) is 0 Å². The minimum Gasteiger partial charge on any atom is -0.456 e. The molecule has 2 N–H and O–H groups in total. The van der Waals surface area contributed by atoms with E-state index < -0.39 is 20.0 Å². The first-order valence-corrected chi connectivity index (χ1v) is 39.5. The van der Waals surface area contributed by atoms with Crippen molar-refractivity contribution in [3.63, 3.8) is 0 Å². The highest BCUT2D eigenvalue weighted by Gasteiger charge is 2.30. The number of ether oxygens (including phenoxy) is 1. The van der Waals surface area contributed by atoms with Gasteiger partial charge in [-0.3, -0.25) is 18.6 Å². The first kappa shape index (κ1) is 85.0. The molecule has 0 heterocycles. The number of esters is 1. The molecule has 10 heteroatoms. The van der Waals surface area contributed by atoms with Crippen LogP contribution in [-0.2, 0) is 27.9 Å². The second kappa shape index (κ2) is 66.9. The van der Waals surface area contributed by atoms with Crippen molar-refractivity contribution in [3.05, 3.63) is 48.6 Å². The Morgan fingerprint density at radius 1 is 0.402 bits per heavy atom. The maximum Gasteiger partial charge on any atom is 0.472 e. The highest BCUT2D eigenvalue weighted by molar-refractivity contribution is 7.47. The van der Waals surface area contributed by atoms with Crippen molar-refractivity contribution in [2.75, 3.05) is 40.9 Å². The molecule has 0 spiro atoms. The maximum atomic E-state index is 13.6. The van der Waals surface area contributed by atoms with Crippen LogP contribution in [0.1, 0.15) is 380 Å². The number of nitrogens with zero attached hydrogens (tertiary/aromatic N) is 1. The predicted octanol–water partition coefficient (Wildman–Crippen LogP) is 24.4. The Kier molecular flexibility index (Phi) is 65.3. The second-order valence-corrected chi connectivity index (χ2v) is 28.6. The number of likely N-dealkylation sites (N-methyl/N-ethyl adjacent to an activating group) is 1. The number of phosphoric ester groups is 1. The standard InChI is InChI=1S/C77H147N2O7P/c1-7-10-13-16-19-22-25-27-29-31-33-35-37-39-41-43-45-47-49-51-54-57-60-63-66-69-76(80)78-74(73-85-87(82,83)84-72-71-79(4,5)6)75(68-65-62-59-56-53-24-21-18-15-12-9-3)86-77(81)70-67-64-61-58-55-52-50-48-46-44-42-40-38-36-34-32-30-28-26-23-20-17-14-11-8-2/h19,22,27,29,33,35,65,68,74-75H,7-18,20-21,23-26,28,30-32,34,36-64,66-67,69-73H2,1-6H3,(H-,78,80,82,83)/p+1/b22-19-,29-27-,35-33-,68-65+. The minimum atomic E-state index is -4.45. The van der Waals surface area contributed by atoms with Gasteiger partial charge in [0.05, 0.1) is 33.8 Å². The Morgan fingerprint density at radius 2 is 0.701 bits per heavy atom. The van der Waals surface area contributed by atoms with Crippen LogP contribution in [0.4, 0.5) is 0 Å². The summed E-state index contributed by atoms with van der Waals surface area (Å²) in [5.41, 5.74) is 0. The van der Waals surface area contributed by atoms with Crippen molar-refractivity contribution in [1.29, 1.82) is 0 Å². The Hall–Kier alpha value is -2.03. The van der Waals surface area contributed by atoms with E-state index in [4.69, 9.17) is 13.8 Å². The summed E-state index contributed by atoms with van der Waals surface area (Å²) in [6.45, 7) is 7.04. The highest BCUT2D eigenvalue weighted by atomic mass is 31.2. The van der Waals surface area contributed by atoms with Gasteiger partial charge in [0.2, 0.25) is 5.91 Å². The average Bonchev–Trinajstić information content (AvgIpc) is 3.70. The molecular formula is C77H148N2O7P+. The third-order valence-corrected chi connectivity index (χ3v) is 18.3. The van der Waals surface area contributed by atoms with E-state index in [0.717, 1.165) is 70.6 Å². The molecule has 0 aromatic rings. The molecule has 87 heavy (non-hydrogen) atoms. The van der Waals surface area contributed by atoms with Gasteiger partial charge in [0.1, 0.15) is 19.3 Å². The van der Waals surface area contributed by atoms with E-state index in [-0.39, 0.29) is 25.1 Å². The van der Waals surface area contributed by atoms with Crippen molar-refractivity contribution in [1.82, 2.24) is 5.32 Å². The molecule has 3 unspecified atom stereocenters. The van der Waals surface area contributed by atoms with Gasteiger partial charge in [-0.1, -0.05) is 346 Å². The van der Waals surface area contributed by atoms with Gasteiger partial charge >= 0.3 is 13.8 Å². The van der Waals surface area contributed by atoms with Gasteiger partial charge in [-0.25, -0.2) is 4.57 Å². The minimum absolute atomic E-state index is 0.0418. The number of allylic oxidation sites excluding steroid dienone is 7. The molecule has 0 aromatic heterocycles. The van der Waals surface area contributed by atoms with Gasteiger partial charge in [-0.05, 0) is 70.3 Å². The zero-order chi connectivity index (χ0) is 63.5. The number of hydrogen-bond acceptors (Lipinski definition) is 6. The summed E-state index contributed by atoms with van der Waals surface area (Å²) >= 11 is 0. The summed E-state index contributed by atoms with van der Waals surface area (Å²) in [7, 11) is 1.51. The number of carbonyl (C=O) groups is 2. The van der Waals surface area contributed by atoms with Crippen molar-refractivity contribution in [2.45, 2.75) is 392 Å². The number of phosphoric acid groups is 1.